The van der Waals surface area contributed by atoms with E-state index in [1.54, 1.807) is 0 Å². The van der Waals surface area contributed by atoms with Crippen molar-refractivity contribution >= 4 is 5.96 Å². The van der Waals surface area contributed by atoms with Gasteiger partial charge in [0.25, 0.3) is 0 Å². The molecule has 0 aromatic carbocycles. The van der Waals surface area contributed by atoms with Gasteiger partial charge in [-0.25, -0.2) is 4.90 Å². The Morgan fingerprint density at radius 1 is 1.53 bits per heavy atom. The van der Waals surface area contributed by atoms with Gasteiger partial charge in [-0.15, -0.1) is 4.99 Å². The third kappa shape index (κ3) is 3.60. The van der Waals surface area contributed by atoms with Crippen molar-refractivity contribution in [3.8, 4) is 0 Å². The molecule has 2 atom stereocenters. The highest BCUT2D eigenvalue weighted by Gasteiger charge is 2.30. The minimum atomic E-state index is -1.22. The van der Waals surface area contributed by atoms with Gasteiger partial charge in [0.15, 0.2) is 6.73 Å². The Morgan fingerprint density at radius 2 is 2.24 bits per heavy atom. The van der Waals surface area contributed by atoms with Gasteiger partial charge in [-0.3, -0.25) is 0 Å². The van der Waals surface area contributed by atoms with Crippen molar-refractivity contribution in [1.82, 2.24) is 4.90 Å². The maximum atomic E-state index is 10.6. The lowest BCUT2D eigenvalue weighted by atomic mass is 10.2. The fraction of sp³-hybridized carbons (Fsp3) is 0.875. The van der Waals surface area contributed by atoms with Gasteiger partial charge >= 0.3 is 5.96 Å². The first kappa shape index (κ1) is 13.8. The number of nitrogens with zero attached hydrogens (tertiary/aromatic N) is 3. The highest BCUT2D eigenvalue weighted by molar-refractivity contribution is 5.73. The van der Waals surface area contributed by atoms with Gasteiger partial charge in [0.05, 0.1) is 13.2 Å². The summed E-state index contributed by atoms with van der Waals surface area (Å²) in [5, 5.41) is 37.4. The van der Waals surface area contributed by atoms with Crippen LogP contribution in [0.2, 0.25) is 0 Å². The first-order valence-electron chi connectivity index (χ1n) is 5.05. The SMILES string of the molecule is O=[N+]([O-])C1=NCCN1CO[C@@H](CO)[C@H](O)CO. The molecule has 1 rings (SSSR count). The monoisotopic (exact) mass is 249 g/mol. The van der Waals surface area contributed by atoms with Crippen LogP contribution in [-0.4, -0.2) is 76.3 Å². The summed E-state index contributed by atoms with van der Waals surface area (Å²) in [7, 11) is 0. The molecule has 0 aliphatic carbocycles. The van der Waals surface area contributed by atoms with Gasteiger partial charge in [-0.05, 0) is 4.92 Å². The summed E-state index contributed by atoms with van der Waals surface area (Å²) in [4.78, 5) is 14.9. The van der Waals surface area contributed by atoms with Gasteiger partial charge in [0.2, 0.25) is 0 Å². The summed E-state index contributed by atoms with van der Waals surface area (Å²) in [6, 6.07) is 0. The van der Waals surface area contributed by atoms with Crippen LogP contribution in [0.4, 0.5) is 0 Å². The highest BCUT2D eigenvalue weighted by atomic mass is 16.6. The second-order valence-electron chi connectivity index (χ2n) is 3.47. The predicted octanol–water partition coefficient (Wildman–Crippen LogP) is -2.38. The van der Waals surface area contributed by atoms with E-state index in [2.05, 4.69) is 4.99 Å². The number of aliphatic hydroxyl groups excluding tert-OH is 3. The molecule has 0 aromatic rings. The zero-order valence-electron chi connectivity index (χ0n) is 9.10. The van der Waals surface area contributed by atoms with Crippen LogP contribution in [0.15, 0.2) is 4.99 Å². The fourth-order valence-corrected chi connectivity index (χ4v) is 1.35. The average molecular weight is 249 g/mol. The number of guanidine groups is 1. The van der Waals surface area contributed by atoms with E-state index in [1.165, 1.54) is 4.90 Å². The van der Waals surface area contributed by atoms with Crippen LogP contribution >= 0.6 is 0 Å². The van der Waals surface area contributed by atoms with Crippen LogP contribution < -0.4 is 0 Å². The van der Waals surface area contributed by atoms with Gasteiger partial charge in [-0.2, -0.15) is 0 Å². The maximum Gasteiger partial charge on any atom is 0.426 e. The number of hydrogen-bond acceptors (Lipinski definition) is 8. The van der Waals surface area contributed by atoms with E-state index in [0.29, 0.717) is 13.1 Å². The normalized spacial score (nSPS) is 19.0. The Hall–Kier alpha value is -1.29. The zero-order chi connectivity index (χ0) is 12.8. The lowest BCUT2D eigenvalue weighted by Crippen LogP contribution is -2.41. The van der Waals surface area contributed by atoms with Gasteiger partial charge in [0, 0.05) is 0 Å². The summed E-state index contributed by atoms with van der Waals surface area (Å²) < 4.78 is 5.09. The van der Waals surface area contributed by atoms with Crippen LogP contribution in [0, 0.1) is 10.1 Å². The summed E-state index contributed by atoms with van der Waals surface area (Å²) in [5.41, 5.74) is 0. The summed E-state index contributed by atoms with van der Waals surface area (Å²) >= 11 is 0. The molecule has 1 aliphatic heterocycles. The number of hydrogen-bond donors (Lipinski definition) is 3. The van der Waals surface area contributed by atoms with Crippen molar-refractivity contribution in [2.24, 2.45) is 4.99 Å². The van der Waals surface area contributed by atoms with E-state index in [9.17, 15) is 15.2 Å². The molecule has 0 bridgehead atoms. The number of aliphatic imine (C=N–C) groups is 1. The zero-order valence-corrected chi connectivity index (χ0v) is 9.10. The molecule has 98 valence electrons. The molecule has 0 amide bonds. The van der Waals surface area contributed by atoms with Gasteiger partial charge < -0.3 is 30.2 Å². The Labute approximate surface area is 97.1 Å². The van der Waals surface area contributed by atoms with Gasteiger partial charge in [-0.1, -0.05) is 0 Å². The maximum absolute atomic E-state index is 10.6. The third-order valence-corrected chi connectivity index (χ3v) is 2.31. The Morgan fingerprint density at radius 3 is 2.76 bits per heavy atom. The quantitative estimate of drug-likeness (QED) is 0.354. The van der Waals surface area contributed by atoms with E-state index in [-0.39, 0.29) is 12.7 Å². The van der Waals surface area contributed by atoms with Crippen molar-refractivity contribution in [3.63, 3.8) is 0 Å². The lowest BCUT2D eigenvalue weighted by Gasteiger charge is -2.21. The second-order valence-corrected chi connectivity index (χ2v) is 3.47. The first-order chi connectivity index (χ1) is 8.10. The van der Waals surface area contributed by atoms with Crippen LogP contribution in [0.5, 0.6) is 0 Å². The lowest BCUT2D eigenvalue weighted by molar-refractivity contribution is -0.364. The van der Waals surface area contributed by atoms with Crippen molar-refractivity contribution < 1.29 is 25.0 Å². The molecule has 0 saturated carbocycles. The second kappa shape index (κ2) is 6.45. The van der Waals surface area contributed by atoms with E-state index in [1.807, 2.05) is 0 Å². The smallest absolute Gasteiger partial charge is 0.394 e. The van der Waals surface area contributed by atoms with Crippen LogP contribution in [0.25, 0.3) is 0 Å². The van der Waals surface area contributed by atoms with Crippen molar-refractivity contribution in [2.75, 3.05) is 33.0 Å². The molecular weight excluding hydrogens is 234 g/mol. The number of ether oxygens (including phenoxy) is 1. The molecule has 9 heteroatoms. The molecule has 1 heterocycles. The van der Waals surface area contributed by atoms with E-state index >= 15 is 0 Å². The molecule has 0 unspecified atom stereocenters. The minimum Gasteiger partial charge on any atom is -0.394 e. The Balaban J connectivity index is 2.44. The molecule has 0 spiro atoms. The molecule has 9 nitrogen and oxygen atoms in total. The average Bonchev–Trinajstić information content (AvgIpc) is 2.77. The molecular formula is C8H15N3O6. The molecule has 0 radical (unpaired) electrons. The summed E-state index contributed by atoms with van der Waals surface area (Å²) in [6.07, 6.45) is -2.20. The molecule has 0 fully saturated rings. The largest absolute Gasteiger partial charge is 0.426 e. The Kier molecular flexibility index (Phi) is 5.22. The third-order valence-electron chi connectivity index (χ3n) is 2.31. The van der Waals surface area contributed by atoms with Crippen molar-refractivity contribution in [1.29, 1.82) is 0 Å². The topological polar surface area (TPSA) is 129 Å². The molecule has 3 N–H and O–H groups in total. The molecule has 0 saturated heterocycles. The minimum absolute atomic E-state index is 0.165. The number of aliphatic hydroxyl groups is 3. The number of rotatable bonds is 6. The Bertz CT molecular complexity index is 297. The fourth-order valence-electron chi connectivity index (χ4n) is 1.35. The highest BCUT2D eigenvalue weighted by Crippen LogP contribution is 2.05. The van der Waals surface area contributed by atoms with Crippen LogP contribution in [-0.2, 0) is 4.74 Å². The summed E-state index contributed by atoms with van der Waals surface area (Å²) in [5.74, 6) is -0.292. The number of nitro groups is 1. The van der Waals surface area contributed by atoms with Crippen LogP contribution in [0.3, 0.4) is 0 Å². The van der Waals surface area contributed by atoms with E-state index in [4.69, 9.17) is 14.9 Å². The first-order valence-corrected chi connectivity index (χ1v) is 5.05. The van der Waals surface area contributed by atoms with Crippen molar-refractivity contribution in [2.45, 2.75) is 12.2 Å². The van der Waals surface area contributed by atoms with E-state index in [0.717, 1.165) is 0 Å². The van der Waals surface area contributed by atoms with Crippen LogP contribution in [0.1, 0.15) is 0 Å². The standard InChI is InChI=1S/C8H15N3O6/c12-3-6(14)7(4-13)17-5-10-2-1-9-8(10)11(15)16/h6-7,12-14H,1-5H2/t6-,7+/m1/s1. The predicted molar refractivity (Wildman–Crippen MR) is 55.9 cm³/mol. The molecule has 17 heavy (non-hydrogen) atoms. The van der Waals surface area contributed by atoms with E-state index < -0.39 is 30.3 Å². The molecule has 1 aliphatic rings. The van der Waals surface area contributed by atoms with Gasteiger partial charge in [0.1, 0.15) is 25.3 Å². The van der Waals surface area contributed by atoms with Crippen molar-refractivity contribution in [3.05, 3.63) is 10.1 Å². The summed E-state index contributed by atoms with van der Waals surface area (Å²) in [6.45, 7) is -0.542. The molecule has 0 aromatic heterocycles.